The van der Waals surface area contributed by atoms with Gasteiger partial charge in [0.1, 0.15) is 11.9 Å². The number of rotatable bonds is 5. The topological polar surface area (TPSA) is 38.3 Å². The van der Waals surface area contributed by atoms with Gasteiger partial charge in [0.05, 0.1) is 7.11 Å². The lowest BCUT2D eigenvalue weighted by atomic mass is 10.1. The second kappa shape index (κ2) is 6.71. The second-order valence-corrected chi connectivity index (χ2v) is 4.86. The Bertz CT molecular complexity index is 423. The number of carbonyl (C=O) groups excluding carboxylic acids is 1. The Morgan fingerprint density at radius 1 is 1.50 bits per heavy atom. The Hall–Kier alpha value is -1.13. The predicted molar refractivity (Wildman–Crippen MR) is 69.0 cm³/mol. The van der Waals surface area contributed by atoms with Crippen LogP contribution in [0.4, 0.5) is 4.39 Å². The number of hydrogen-bond donors (Lipinski definition) is 1. The van der Waals surface area contributed by atoms with Gasteiger partial charge in [-0.3, -0.25) is 0 Å². The van der Waals surface area contributed by atoms with Gasteiger partial charge < -0.3 is 10.1 Å². The molecule has 0 aromatic heterocycles. The van der Waals surface area contributed by atoms with E-state index in [-0.39, 0.29) is 5.56 Å². The van der Waals surface area contributed by atoms with Crippen LogP contribution in [-0.2, 0) is 9.53 Å². The van der Waals surface area contributed by atoms with Crippen molar-refractivity contribution in [1.82, 2.24) is 5.32 Å². The van der Waals surface area contributed by atoms with E-state index < -0.39 is 17.8 Å². The van der Waals surface area contributed by atoms with Crippen molar-refractivity contribution < 1.29 is 13.9 Å². The van der Waals surface area contributed by atoms with Gasteiger partial charge in [-0.25, -0.2) is 9.18 Å². The maximum atomic E-state index is 13.7. The van der Waals surface area contributed by atoms with E-state index in [1.807, 2.05) is 13.8 Å². The summed E-state index contributed by atoms with van der Waals surface area (Å²) < 4.78 is 18.4. The molecule has 0 radical (unpaired) electrons. The van der Waals surface area contributed by atoms with Crippen molar-refractivity contribution in [1.29, 1.82) is 0 Å². The lowest BCUT2D eigenvalue weighted by Crippen LogP contribution is -2.32. The summed E-state index contributed by atoms with van der Waals surface area (Å²) in [5.41, 5.74) is 0.204. The van der Waals surface area contributed by atoms with Crippen LogP contribution in [0.3, 0.4) is 0 Å². The molecule has 1 aromatic rings. The molecular weight excluding hydrogens is 257 g/mol. The van der Waals surface area contributed by atoms with Crippen LogP contribution in [0, 0.1) is 11.7 Å². The van der Waals surface area contributed by atoms with Gasteiger partial charge in [0.15, 0.2) is 0 Å². The van der Waals surface area contributed by atoms with Crippen LogP contribution in [0.15, 0.2) is 18.2 Å². The summed E-state index contributed by atoms with van der Waals surface area (Å²) in [4.78, 5) is 11.7. The first-order valence-electron chi connectivity index (χ1n) is 5.72. The van der Waals surface area contributed by atoms with Crippen molar-refractivity contribution in [2.45, 2.75) is 19.9 Å². The summed E-state index contributed by atoms with van der Waals surface area (Å²) in [5.74, 6) is -0.678. The van der Waals surface area contributed by atoms with Crippen LogP contribution in [0.5, 0.6) is 0 Å². The Balaban J connectivity index is 3.01. The molecule has 0 fully saturated rings. The van der Waals surface area contributed by atoms with Crippen molar-refractivity contribution in [3.8, 4) is 0 Å². The Labute approximate surface area is 111 Å². The standard InChI is InChI=1S/C13H17ClFNO2/c1-8(2)7-16-12(13(17)18-3)10-6-9(14)4-5-11(10)15/h4-6,8,12,16H,7H2,1-3H3. The van der Waals surface area contributed by atoms with Gasteiger partial charge in [0.25, 0.3) is 0 Å². The Kier molecular flexibility index (Phi) is 5.56. The zero-order valence-corrected chi connectivity index (χ0v) is 11.4. The van der Waals surface area contributed by atoms with Crippen LogP contribution < -0.4 is 5.32 Å². The summed E-state index contributed by atoms with van der Waals surface area (Å²) in [6.45, 7) is 4.57. The molecule has 100 valence electrons. The number of methoxy groups -OCH3 is 1. The molecule has 5 heteroatoms. The summed E-state index contributed by atoms with van der Waals surface area (Å²) in [6.07, 6.45) is 0. The molecule has 0 spiro atoms. The SMILES string of the molecule is COC(=O)C(NCC(C)C)c1cc(Cl)ccc1F. The van der Waals surface area contributed by atoms with Gasteiger partial charge >= 0.3 is 5.97 Å². The van der Waals surface area contributed by atoms with Crippen LogP contribution in [0.25, 0.3) is 0 Å². The van der Waals surface area contributed by atoms with Crippen molar-refractivity contribution >= 4 is 17.6 Å². The second-order valence-electron chi connectivity index (χ2n) is 4.42. The molecule has 3 nitrogen and oxygen atoms in total. The van der Waals surface area contributed by atoms with Crippen LogP contribution in [0.2, 0.25) is 5.02 Å². The molecule has 0 heterocycles. The van der Waals surface area contributed by atoms with Gasteiger partial charge in [-0.2, -0.15) is 0 Å². The molecule has 1 rings (SSSR count). The first-order chi connectivity index (χ1) is 8.45. The first-order valence-corrected chi connectivity index (χ1v) is 6.09. The lowest BCUT2D eigenvalue weighted by molar-refractivity contribution is -0.143. The average molecular weight is 274 g/mol. The molecule has 0 aliphatic rings. The summed E-state index contributed by atoms with van der Waals surface area (Å²) >= 11 is 5.82. The molecule has 0 saturated carbocycles. The van der Waals surface area contributed by atoms with Crippen LogP contribution in [-0.4, -0.2) is 19.6 Å². The minimum atomic E-state index is -0.837. The van der Waals surface area contributed by atoms with E-state index in [9.17, 15) is 9.18 Å². The highest BCUT2D eigenvalue weighted by molar-refractivity contribution is 6.30. The number of ether oxygens (including phenoxy) is 1. The fraction of sp³-hybridized carbons (Fsp3) is 0.462. The molecule has 0 aliphatic carbocycles. The van der Waals surface area contributed by atoms with Crippen molar-refractivity contribution in [3.63, 3.8) is 0 Å². The third-order valence-corrected chi connectivity index (χ3v) is 2.67. The third-order valence-electron chi connectivity index (χ3n) is 2.44. The van der Waals surface area contributed by atoms with Gasteiger partial charge in [-0.15, -0.1) is 0 Å². The highest BCUT2D eigenvalue weighted by atomic mass is 35.5. The van der Waals surface area contributed by atoms with Crippen molar-refractivity contribution in [2.24, 2.45) is 5.92 Å². The molecule has 0 aliphatic heterocycles. The first kappa shape index (κ1) is 14.9. The minimum Gasteiger partial charge on any atom is -0.468 e. The maximum Gasteiger partial charge on any atom is 0.327 e. The predicted octanol–water partition coefficient (Wildman–Crippen LogP) is 2.94. The maximum absolute atomic E-state index is 13.7. The van der Waals surface area contributed by atoms with E-state index in [4.69, 9.17) is 11.6 Å². The Morgan fingerprint density at radius 3 is 2.72 bits per heavy atom. The lowest BCUT2D eigenvalue weighted by Gasteiger charge is -2.19. The molecule has 1 unspecified atom stereocenters. The van der Waals surface area contributed by atoms with Crippen molar-refractivity contribution in [2.75, 3.05) is 13.7 Å². The largest absolute Gasteiger partial charge is 0.468 e. The van der Waals surface area contributed by atoms with E-state index >= 15 is 0 Å². The van der Waals surface area contributed by atoms with Gasteiger partial charge in [0.2, 0.25) is 0 Å². The number of carbonyl (C=O) groups is 1. The smallest absolute Gasteiger partial charge is 0.327 e. The number of nitrogens with one attached hydrogen (secondary N) is 1. The number of benzene rings is 1. The molecule has 0 bridgehead atoms. The van der Waals surface area contributed by atoms with E-state index in [1.54, 1.807) is 0 Å². The highest BCUT2D eigenvalue weighted by Gasteiger charge is 2.24. The fourth-order valence-electron chi connectivity index (χ4n) is 1.53. The molecule has 1 atom stereocenters. The quantitative estimate of drug-likeness (QED) is 0.839. The van der Waals surface area contributed by atoms with Gasteiger partial charge in [0, 0.05) is 10.6 Å². The number of halogens is 2. The van der Waals surface area contributed by atoms with E-state index in [1.165, 1.54) is 25.3 Å². The Morgan fingerprint density at radius 2 is 2.17 bits per heavy atom. The fourth-order valence-corrected chi connectivity index (χ4v) is 1.71. The van der Waals surface area contributed by atoms with E-state index in [2.05, 4.69) is 10.1 Å². The van der Waals surface area contributed by atoms with E-state index in [0.717, 1.165) is 0 Å². The molecule has 18 heavy (non-hydrogen) atoms. The van der Waals surface area contributed by atoms with E-state index in [0.29, 0.717) is 17.5 Å². The number of esters is 1. The summed E-state index contributed by atoms with van der Waals surface area (Å²) in [6, 6.07) is 3.28. The molecule has 1 aromatic carbocycles. The molecule has 0 saturated heterocycles. The normalized spacial score (nSPS) is 12.6. The summed E-state index contributed by atoms with van der Waals surface area (Å²) in [5, 5.41) is 3.36. The molecule has 0 amide bonds. The summed E-state index contributed by atoms with van der Waals surface area (Å²) in [7, 11) is 1.27. The van der Waals surface area contributed by atoms with Gasteiger partial charge in [-0.05, 0) is 30.7 Å². The highest BCUT2D eigenvalue weighted by Crippen LogP contribution is 2.22. The monoisotopic (exact) mass is 273 g/mol. The zero-order chi connectivity index (χ0) is 13.7. The number of hydrogen-bond acceptors (Lipinski definition) is 3. The third kappa shape index (κ3) is 3.96. The molecule has 1 N–H and O–H groups in total. The van der Waals surface area contributed by atoms with Crippen molar-refractivity contribution in [3.05, 3.63) is 34.6 Å². The average Bonchev–Trinajstić information content (AvgIpc) is 2.32. The minimum absolute atomic E-state index is 0.204. The van der Waals surface area contributed by atoms with Crippen LogP contribution >= 0.6 is 11.6 Å². The zero-order valence-electron chi connectivity index (χ0n) is 10.7. The van der Waals surface area contributed by atoms with Crippen LogP contribution in [0.1, 0.15) is 25.5 Å². The molecular formula is C13H17ClFNO2. The van der Waals surface area contributed by atoms with Gasteiger partial charge in [-0.1, -0.05) is 25.4 Å².